The van der Waals surface area contributed by atoms with Crippen LogP contribution in [0.5, 0.6) is 0 Å². The zero-order valence-electron chi connectivity index (χ0n) is 13.7. The number of benzene rings is 2. The number of amides is 1. The number of rotatable bonds is 6. The van der Waals surface area contributed by atoms with E-state index in [1.54, 1.807) is 36.4 Å². The third-order valence-electron chi connectivity index (χ3n) is 3.68. The lowest BCUT2D eigenvalue weighted by atomic mass is 10.2. The first-order valence-corrected chi connectivity index (χ1v) is 7.95. The average molecular weight is 354 g/mol. The number of nitrogens with zero attached hydrogens (tertiary/aromatic N) is 2. The van der Waals surface area contributed by atoms with E-state index in [0.29, 0.717) is 11.4 Å². The third-order valence-corrected chi connectivity index (χ3v) is 3.68. The molecule has 3 aromatic rings. The number of aromatic nitrogens is 2. The zero-order chi connectivity index (χ0) is 18.4. The highest BCUT2D eigenvalue weighted by atomic mass is 19.1. The van der Waals surface area contributed by atoms with Gasteiger partial charge in [-0.2, -0.15) is 0 Å². The molecule has 1 aromatic heterocycles. The molecule has 0 atom stereocenters. The van der Waals surface area contributed by atoms with Crippen LogP contribution in [-0.4, -0.2) is 16.1 Å². The number of carbonyl (C=O) groups excluding carboxylic acids is 1. The highest BCUT2D eigenvalue weighted by Crippen LogP contribution is 2.10. The van der Waals surface area contributed by atoms with E-state index in [1.165, 1.54) is 24.3 Å². The van der Waals surface area contributed by atoms with Crippen molar-refractivity contribution < 1.29 is 13.6 Å². The van der Waals surface area contributed by atoms with Crippen molar-refractivity contribution in [3.05, 3.63) is 89.1 Å². The minimum atomic E-state index is -0.387. The summed E-state index contributed by atoms with van der Waals surface area (Å²) in [5.41, 5.74) is 1.44. The Morgan fingerprint density at radius 3 is 2.35 bits per heavy atom. The second-order valence-electron chi connectivity index (χ2n) is 5.56. The molecule has 3 rings (SSSR count). The van der Waals surface area contributed by atoms with E-state index in [1.807, 2.05) is 0 Å². The topological polar surface area (TPSA) is 66.9 Å². The molecule has 0 aliphatic rings. The molecule has 2 N–H and O–H groups in total. The predicted molar refractivity (Wildman–Crippen MR) is 93.3 cm³/mol. The number of carbonyl (C=O) groups is 1. The van der Waals surface area contributed by atoms with Gasteiger partial charge >= 0.3 is 0 Å². The second-order valence-corrected chi connectivity index (χ2v) is 5.56. The van der Waals surface area contributed by atoms with Gasteiger partial charge in [0.05, 0.1) is 0 Å². The van der Waals surface area contributed by atoms with Gasteiger partial charge in [-0.05, 0) is 35.9 Å². The number of halogens is 2. The smallest absolute Gasteiger partial charge is 0.272 e. The largest absolute Gasteiger partial charge is 0.364 e. The molecule has 0 saturated carbocycles. The maximum absolute atomic E-state index is 13.6. The van der Waals surface area contributed by atoms with Gasteiger partial charge in [0.2, 0.25) is 0 Å². The van der Waals surface area contributed by atoms with E-state index in [2.05, 4.69) is 20.8 Å². The summed E-state index contributed by atoms with van der Waals surface area (Å²) in [6.45, 7) is 0.519. The summed E-state index contributed by atoms with van der Waals surface area (Å²) in [6.07, 6.45) is 0. The minimum absolute atomic E-state index is 0.156. The van der Waals surface area contributed by atoms with Crippen LogP contribution < -0.4 is 10.6 Å². The summed E-state index contributed by atoms with van der Waals surface area (Å²) >= 11 is 0. The fourth-order valence-corrected chi connectivity index (χ4v) is 2.25. The standard InChI is InChI=1S/C19H16F2N4O/c20-15-7-5-13(6-8-15)11-23-19(26)17-9-10-18(25-24-17)22-12-14-3-1-2-4-16(14)21/h1-10H,11-12H2,(H,22,25)(H,23,26). The number of anilines is 1. The first kappa shape index (κ1) is 17.5. The molecule has 0 saturated heterocycles. The zero-order valence-corrected chi connectivity index (χ0v) is 13.7. The van der Waals surface area contributed by atoms with Crippen LogP contribution in [0.3, 0.4) is 0 Å². The summed E-state index contributed by atoms with van der Waals surface area (Å²) in [6, 6.07) is 15.4. The van der Waals surface area contributed by atoms with E-state index in [9.17, 15) is 13.6 Å². The molecule has 0 aliphatic heterocycles. The first-order valence-electron chi connectivity index (χ1n) is 7.95. The minimum Gasteiger partial charge on any atom is -0.364 e. The van der Waals surface area contributed by atoms with Crippen molar-refractivity contribution >= 4 is 11.7 Å². The molecular formula is C19H16F2N4O. The van der Waals surface area contributed by atoms with Crippen LogP contribution in [0.1, 0.15) is 21.6 Å². The van der Waals surface area contributed by atoms with Crippen LogP contribution >= 0.6 is 0 Å². The van der Waals surface area contributed by atoms with Crippen LogP contribution in [0.2, 0.25) is 0 Å². The lowest BCUT2D eigenvalue weighted by Gasteiger charge is -2.07. The van der Waals surface area contributed by atoms with Gasteiger partial charge in [0.15, 0.2) is 5.69 Å². The Bertz CT molecular complexity index is 883. The molecule has 0 spiro atoms. The maximum Gasteiger partial charge on any atom is 0.272 e. The molecular weight excluding hydrogens is 338 g/mol. The van der Waals surface area contributed by atoms with Gasteiger partial charge in [0.25, 0.3) is 5.91 Å². The van der Waals surface area contributed by atoms with Crippen LogP contribution in [-0.2, 0) is 13.1 Å². The Hall–Kier alpha value is -3.35. The SMILES string of the molecule is O=C(NCc1ccc(F)cc1)c1ccc(NCc2ccccc2F)nn1. The van der Waals surface area contributed by atoms with E-state index < -0.39 is 0 Å². The Labute approximate surface area is 149 Å². The molecule has 5 nitrogen and oxygen atoms in total. The second kappa shape index (κ2) is 8.15. The molecule has 1 heterocycles. The summed E-state index contributed by atoms with van der Waals surface area (Å²) < 4.78 is 26.4. The first-order chi connectivity index (χ1) is 12.6. The van der Waals surface area contributed by atoms with E-state index in [-0.39, 0.29) is 36.3 Å². The van der Waals surface area contributed by atoms with E-state index in [0.717, 1.165) is 5.56 Å². The van der Waals surface area contributed by atoms with Gasteiger partial charge in [-0.3, -0.25) is 4.79 Å². The summed E-state index contributed by atoms with van der Waals surface area (Å²) in [5.74, 6) is -0.583. The molecule has 0 bridgehead atoms. The van der Waals surface area contributed by atoms with Gasteiger partial charge in [0.1, 0.15) is 17.5 Å². The molecule has 0 fully saturated rings. The van der Waals surface area contributed by atoms with Crippen LogP contribution in [0, 0.1) is 11.6 Å². The van der Waals surface area contributed by atoms with Crippen molar-refractivity contribution in [3.8, 4) is 0 Å². The summed E-state index contributed by atoms with van der Waals surface area (Å²) in [7, 11) is 0. The third kappa shape index (κ3) is 4.60. The van der Waals surface area contributed by atoms with Gasteiger partial charge in [-0.25, -0.2) is 8.78 Å². The van der Waals surface area contributed by atoms with Crippen molar-refractivity contribution in [1.82, 2.24) is 15.5 Å². The molecule has 0 aliphatic carbocycles. The lowest BCUT2D eigenvalue weighted by Crippen LogP contribution is -2.24. The Morgan fingerprint density at radius 1 is 0.885 bits per heavy atom. The normalized spacial score (nSPS) is 10.4. The quantitative estimate of drug-likeness (QED) is 0.713. The molecule has 0 radical (unpaired) electrons. The highest BCUT2D eigenvalue weighted by molar-refractivity contribution is 5.92. The monoisotopic (exact) mass is 354 g/mol. The summed E-state index contributed by atoms with van der Waals surface area (Å²) in [4.78, 5) is 12.1. The fraction of sp³-hybridized carbons (Fsp3) is 0.105. The highest BCUT2D eigenvalue weighted by Gasteiger charge is 2.08. The van der Waals surface area contributed by atoms with E-state index in [4.69, 9.17) is 0 Å². The van der Waals surface area contributed by atoms with Gasteiger partial charge in [0, 0.05) is 18.7 Å². The molecule has 7 heteroatoms. The van der Waals surface area contributed by atoms with Gasteiger partial charge < -0.3 is 10.6 Å². The van der Waals surface area contributed by atoms with Crippen molar-refractivity contribution in [3.63, 3.8) is 0 Å². The number of hydrogen-bond donors (Lipinski definition) is 2. The Balaban J connectivity index is 1.54. The number of nitrogens with one attached hydrogen (secondary N) is 2. The fourth-order valence-electron chi connectivity index (χ4n) is 2.25. The van der Waals surface area contributed by atoms with Crippen LogP contribution in [0.25, 0.3) is 0 Å². The summed E-state index contributed by atoms with van der Waals surface area (Å²) in [5, 5.41) is 13.4. The maximum atomic E-state index is 13.6. The van der Waals surface area contributed by atoms with Crippen LogP contribution in [0.4, 0.5) is 14.6 Å². The van der Waals surface area contributed by atoms with Crippen molar-refractivity contribution in [2.24, 2.45) is 0 Å². The van der Waals surface area contributed by atoms with E-state index >= 15 is 0 Å². The van der Waals surface area contributed by atoms with Crippen molar-refractivity contribution in [2.45, 2.75) is 13.1 Å². The van der Waals surface area contributed by atoms with Crippen molar-refractivity contribution in [1.29, 1.82) is 0 Å². The Morgan fingerprint density at radius 2 is 1.65 bits per heavy atom. The molecule has 132 valence electrons. The predicted octanol–water partition coefficient (Wildman–Crippen LogP) is 3.30. The average Bonchev–Trinajstić information content (AvgIpc) is 2.67. The van der Waals surface area contributed by atoms with Crippen LogP contribution in [0.15, 0.2) is 60.7 Å². The molecule has 0 unspecified atom stereocenters. The number of hydrogen-bond acceptors (Lipinski definition) is 4. The molecule has 2 aromatic carbocycles. The molecule has 26 heavy (non-hydrogen) atoms. The lowest BCUT2D eigenvalue weighted by molar-refractivity contribution is 0.0945. The Kier molecular flexibility index (Phi) is 5.48. The van der Waals surface area contributed by atoms with Crippen molar-refractivity contribution in [2.75, 3.05) is 5.32 Å². The van der Waals surface area contributed by atoms with Gasteiger partial charge in [-0.15, -0.1) is 10.2 Å². The molecule has 1 amide bonds. The van der Waals surface area contributed by atoms with Gasteiger partial charge in [-0.1, -0.05) is 30.3 Å².